The van der Waals surface area contributed by atoms with Crippen molar-refractivity contribution in [2.24, 2.45) is 5.92 Å². The maximum atomic E-state index is 12.2. The second-order valence-electron chi connectivity index (χ2n) is 6.47. The molecular formula is C19H25N2O3S+. The Morgan fingerprint density at radius 1 is 1.08 bits per heavy atom. The molecule has 2 rings (SSSR count). The third kappa shape index (κ3) is 5.69. The number of nitrogens with one attached hydrogen (secondary N) is 1. The summed E-state index contributed by atoms with van der Waals surface area (Å²) in [7, 11) is -3.29. The van der Waals surface area contributed by atoms with Crippen molar-refractivity contribution in [2.75, 3.05) is 18.1 Å². The van der Waals surface area contributed by atoms with Crippen molar-refractivity contribution in [1.82, 2.24) is 0 Å². The molecule has 0 bridgehead atoms. The Morgan fingerprint density at radius 2 is 1.76 bits per heavy atom. The van der Waals surface area contributed by atoms with Crippen LogP contribution in [0.4, 0.5) is 5.69 Å². The average molecular weight is 361 g/mol. The maximum Gasteiger partial charge on any atom is 0.279 e. The fraction of sp³-hybridized carbons (Fsp3) is 0.316. The van der Waals surface area contributed by atoms with Crippen LogP contribution in [0, 0.1) is 5.92 Å². The van der Waals surface area contributed by atoms with Crippen molar-refractivity contribution in [2.45, 2.75) is 24.8 Å². The molecule has 0 heterocycles. The lowest BCUT2D eigenvalue weighted by Crippen LogP contribution is -2.88. The monoisotopic (exact) mass is 361 g/mol. The second kappa shape index (κ2) is 8.27. The van der Waals surface area contributed by atoms with Crippen LogP contribution in [0.25, 0.3) is 0 Å². The number of carbonyl (C=O) groups is 1. The molecule has 3 N–H and O–H groups in total. The van der Waals surface area contributed by atoms with Gasteiger partial charge in [0.05, 0.1) is 4.90 Å². The Morgan fingerprint density at radius 3 is 2.36 bits per heavy atom. The summed E-state index contributed by atoms with van der Waals surface area (Å²) in [5.74, 6) is 0.219. The van der Waals surface area contributed by atoms with E-state index in [1.165, 1.54) is 17.7 Å². The lowest BCUT2D eigenvalue weighted by molar-refractivity contribution is -0.692. The summed E-state index contributed by atoms with van der Waals surface area (Å²) in [4.78, 5) is 12.4. The highest BCUT2D eigenvalue weighted by Gasteiger charge is 2.20. The Kier molecular flexibility index (Phi) is 6.33. The molecule has 0 aliphatic carbocycles. The topological polar surface area (TPSA) is 79.8 Å². The van der Waals surface area contributed by atoms with Crippen LogP contribution in [-0.2, 0) is 14.6 Å². The summed E-state index contributed by atoms with van der Waals surface area (Å²) in [6, 6.07) is 16.6. The Hall–Kier alpha value is -2.18. The van der Waals surface area contributed by atoms with E-state index in [1.807, 2.05) is 23.5 Å². The molecule has 0 saturated heterocycles. The smallest absolute Gasteiger partial charge is 0.279 e. The van der Waals surface area contributed by atoms with Crippen LogP contribution in [0.3, 0.4) is 0 Å². The molecule has 0 aliphatic heterocycles. The first-order chi connectivity index (χ1) is 11.8. The molecule has 0 unspecified atom stereocenters. The van der Waals surface area contributed by atoms with E-state index in [0.717, 1.165) is 6.26 Å². The Labute approximate surface area is 149 Å². The van der Waals surface area contributed by atoms with E-state index >= 15 is 0 Å². The van der Waals surface area contributed by atoms with E-state index in [2.05, 4.69) is 31.3 Å². The van der Waals surface area contributed by atoms with E-state index < -0.39 is 9.84 Å². The molecule has 1 atom stereocenters. The molecular weight excluding hydrogens is 336 g/mol. The van der Waals surface area contributed by atoms with Crippen molar-refractivity contribution in [1.29, 1.82) is 0 Å². The first-order valence-corrected chi connectivity index (χ1v) is 10.1. The van der Waals surface area contributed by atoms with Gasteiger partial charge in [0.25, 0.3) is 5.91 Å². The third-order valence-electron chi connectivity index (χ3n) is 4.01. The van der Waals surface area contributed by atoms with Gasteiger partial charge in [-0.2, -0.15) is 0 Å². The number of anilines is 1. The van der Waals surface area contributed by atoms with Crippen LogP contribution in [0.1, 0.15) is 25.5 Å². The van der Waals surface area contributed by atoms with Crippen molar-refractivity contribution in [3.63, 3.8) is 0 Å². The number of hydrogen-bond acceptors (Lipinski definition) is 3. The zero-order chi connectivity index (χ0) is 18.4. The summed E-state index contributed by atoms with van der Waals surface area (Å²) in [5.41, 5.74) is 1.67. The number of amides is 1. The van der Waals surface area contributed by atoms with Crippen molar-refractivity contribution in [3.8, 4) is 0 Å². The van der Waals surface area contributed by atoms with E-state index in [1.54, 1.807) is 12.1 Å². The summed E-state index contributed by atoms with van der Waals surface area (Å²) in [6.45, 7) is 4.52. The average Bonchev–Trinajstić information content (AvgIpc) is 2.55. The van der Waals surface area contributed by atoms with E-state index in [9.17, 15) is 13.2 Å². The van der Waals surface area contributed by atoms with Gasteiger partial charge in [-0.25, -0.2) is 8.42 Å². The number of sulfone groups is 1. The molecule has 6 heteroatoms. The first-order valence-electron chi connectivity index (χ1n) is 8.25. The van der Waals surface area contributed by atoms with Crippen LogP contribution in [-0.4, -0.2) is 27.1 Å². The standard InChI is InChI=1S/C19H24N2O3S/c1-14(2)19(15-8-5-4-6-9-15)20-13-18(22)21-16-10-7-11-17(12-16)25(3,23)24/h4-12,14,19-20H,13H2,1-3H3,(H,21,22)/p+1/t19-/m1/s1. The van der Waals surface area contributed by atoms with Crippen molar-refractivity contribution in [3.05, 3.63) is 60.2 Å². The fourth-order valence-corrected chi connectivity index (χ4v) is 3.39. The molecule has 1 amide bonds. The second-order valence-corrected chi connectivity index (χ2v) is 8.48. The fourth-order valence-electron chi connectivity index (χ4n) is 2.72. The van der Waals surface area contributed by atoms with E-state index in [4.69, 9.17) is 0 Å². The first kappa shape index (κ1) is 19.1. The van der Waals surface area contributed by atoms with Gasteiger partial charge in [0.2, 0.25) is 0 Å². The Bertz CT molecular complexity index is 818. The third-order valence-corrected chi connectivity index (χ3v) is 5.12. The zero-order valence-corrected chi connectivity index (χ0v) is 15.6. The minimum atomic E-state index is -3.29. The summed E-state index contributed by atoms with van der Waals surface area (Å²) in [5, 5.41) is 4.78. The normalized spacial score (nSPS) is 12.8. The van der Waals surface area contributed by atoms with Crippen LogP contribution in [0.2, 0.25) is 0 Å². The minimum Gasteiger partial charge on any atom is -0.332 e. The predicted molar refractivity (Wildman–Crippen MR) is 99.0 cm³/mol. The van der Waals surface area contributed by atoms with Gasteiger partial charge in [0.15, 0.2) is 16.4 Å². The molecule has 0 aromatic heterocycles. The van der Waals surface area contributed by atoms with E-state index in [0.29, 0.717) is 11.6 Å². The lowest BCUT2D eigenvalue weighted by atomic mass is 9.96. The summed E-state index contributed by atoms with van der Waals surface area (Å²) < 4.78 is 23.2. The Balaban J connectivity index is 2.00. The number of benzene rings is 2. The highest BCUT2D eigenvalue weighted by atomic mass is 32.2. The van der Waals surface area contributed by atoms with Gasteiger partial charge in [-0.15, -0.1) is 0 Å². The van der Waals surface area contributed by atoms with Gasteiger partial charge in [-0.3, -0.25) is 4.79 Å². The highest BCUT2D eigenvalue weighted by Crippen LogP contribution is 2.17. The summed E-state index contributed by atoms with van der Waals surface area (Å²) >= 11 is 0. The van der Waals surface area contributed by atoms with E-state index in [-0.39, 0.29) is 23.4 Å². The van der Waals surface area contributed by atoms with Crippen molar-refractivity contribution >= 4 is 21.4 Å². The van der Waals surface area contributed by atoms with Gasteiger partial charge in [0.1, 0.15) is 6.04 Å². The highest BCUT2D eigenvalue weighted by molar-refractivity contribution is 7.90. The zero-order valence-electron chi connectivity index (χ0n) is 14.8. The van der Waals surface area contributed by atoms with Gasteiger partial charge in [-0.05, 0) is 18.2 Å². The van der Waals surface area contributed by atoms with Gasteiger partial charge >= 0.3 is 0 Å². The molecule has 0 fully saturated rings. The van der Waals surface area contributed by atoms with Crippen LogP contribution < -0.4 is 10.6 Å². The van der Waals surface area contributed by atoms with Crippen LogP contribution in [0.5, 0.6) is 0 Å². The molecule has 2 aromatic carbocycles. The minimum absolute atomic E-state index is 0.160. The molecule has 0 spiro atoms. The predicted octanol–water partition coefficient (Wildman–Crippen LogP) is 1.99. The molecule has 0 saturated carbocycles. The molecule has 0 radical (unpaired) electrons. The van der Waals surface area contributed by atoms with Gasteiger partial charge < -0.3 is 10.6 Å². The lowest BCUT2D eigenvalue weighted by Gasteiger charge is -2.19. The number of carbonyl (C=O) groups excluding carboxylic acids is 1. The largest absolute Gasteiger partial charge is 0.332 e. The molecule has 2 aromatic rings. The van der Waals surface area contributed by atoms with Gasteiger partial charge in [0, 0.05) is 23.4 Å². The number of hydrogen-bond donors (Lipinski definition) is 2. The molecule has 0 aliphatic rings. The molecule has 134 valence electrons. The van der Waals surface area contributed by atoms with Crippen molar-refractivity contribution < 1.29 is 18.5 Å². The quantitative estimate of drug-likeness (QED) is 0.791. The number of nitrogens with two attached hydrogens (primary N) is 1. The molecule has 25 heavy (non-hydrogen) atoms. The number of quaternary nitrogens is 1. The molecule has 5 nitrogen and oxygen atoms in total. The van der Waals surface area contributed by atoms with Crippen LogP contribution >= 0.6 is 0 Å². The SMILES string of the molecule is CC(C)[C@@H]([NH2+]CC(=O)Nc1cccc(S(C)(=O)=O)c1)c1ccccc1. The maximum absolute atomic E-state index is 12.2. The summed E-state index contributed by atoms with van der Waals surface area (Å²) in [6.07, 6.45) is 1.15. The van der Waals surface area contributed by atoms with Crippen LogP contribution in [0.15, 0.2) is 59.5 Å². The van der Waals surface area contributed by atoms with Gasteiger partial charge in [-0.1, -0.05) is 50.2 Å². The number of rotatable bonds is 7.